The molecule has 5 heterocycles. The maximum absolute atomic E-state index is 5.28. The highest BCUT2D eigenvalue weighted by molar-refractivity contribution is 7.26. The summed E-state index contributed by atoms with van der Waals surface area (Å²) in [4.78, 5) is 19.3. The average Bonchev–Trinajstić information content (AvgIpc) is 3.84. The zero-order valence-electron chi connectivity index (χ0n) is 29.9. The van der Waals surface area contributed by atoms with Crippen molar-refractivity contribution in [3.05, 3.63) is 183 Å². The monoisotopic (exact) mass is 750 g/mol. The molecule has 11 aromatic rings. The number of nitrogens with zero attached hydrogens (tertiary/aromatic N) is 4. The van der Waals surface area contributed by atoms with Gasteiger partial charge in [-0.2, -0.15) is 0 Å². The molecule has 0 atom stereocenters. The highest BCUT2D eigenvalue weighted by Crippen LogP contribution is 2.41. The van der Waals surface area contributed by atoms with Crippen LogP contribution in [0.1, 0.15) is 0 Å². The van der Waals surface area contributed by atoms with E-state index in [2.05, 4.69) is 149 Å². The largest absolute Gasteiger partial charge is 0.264 e. The summed E-state index contributed by atoms with van der Waals surface area (Å²) in [5, 5.41) is 5.12. The summed E-state index contributed by atoms with van der Waals surface area (Å²) in [6, 6.07) is 56.5. The van der Waals surface area contributed by atoms with Gasteiger partial charge < -0.3 is 0 Å². The smallest absolute Gasteiger partial charge is 0.161 e. The molecule has 0 aliphatic heterocycles. The van der Waals surface area contributed by atoms with E-state index in [0.29, 0.717) is 5.82 Å². The lowest BCUT2D eigenvalue weighted by atomic mass is 9.93. The molecule has 0 aliphatic rings. The summed E-state index contributed by atoms with van der Waals surface area (Å²) >= 11 is 3.68. The quantitative estimate of drug-likeness (QED) is 0.170. The van der Waals surface area contributed by atoms with Crippen molar-refractivity contribution < 1.29 is 0 Å². The van der Waals surface area contributed by atoms with E-state index < -0.39 is 0 Å². The Kier molecular flexibility index (Phi) is 7.83. The minimum Gasteiger partial charge on any atom is -0.264 e. The second kappa shape index (κ2) is 13.5. The van der Waals surface area contributed by atoms with Crippen molar-refractivity contribution in [3.8, 4) is 67.3 Å². The second-order valence-corrected chi connectivity index (χ2v) is 16.1. The number of benzene rings is 6. The van der Waals surface area contributed by atoms with Gasteiger partial charge in [0.15, 0.2) is 5.82 Å². The number of fused-ring (bicyclic) bond motifs is 6. The van der Waals surface area contributed by atoms with Crippen LogP contribution in [0.15, 0.2) is 183 Å². The van der Waals surface area contributed by atoms with Crippen LogP contribution in [0, 0.1) is 0 Å². The maximum Gasteiger partial charge on any atom is 0.161 e. The molecular formula is C50H30N4S2. The first-order valence-corrected chi connectivity index (χ1v) is 20.1. The SMILES string of the molecule is c1cncc(-c2nc(-c3cc(-c4ccc5sc6ccccc6c5c4)cc(-c4ccc5sc6ccccc6c5c4)c3)cc(-c3ccccc3-c3cccnc3)n2)c1. The molecule has 5 aromatic heterocycles. The van der Waals surface area contributed by atoms with Crippen LogP contribution in [0.3, 0.4) is 0 Å². The molecule has 0 fully saturated rings. The third-order valence-electron chi connectivity index (χ3n) is 10.5. The van der Waals surface area contributed by atoms with E-state index in [1.165, 1.54) is 40.3 Å². The number of hydrogen-bond acceptors (Lipinski definition) is 6. The van der Waals surface area contributed by atoms with Gasteiger partial charge in [0.1, 0.15) is 0 Å². The van der Waals surface area contributed by atoms with E-state index in [1.807, 2.05) is 53.3 Å². The van der Waals surface area contributed by atoms with Gasteiger partial charge in [-0.25, -0.2) is 9.97 Å². The van der Waals surface area contributed by atoms with E-state index in [9.17, 15) is 0 Å². The van der Waals surface area contributed by atoms with Crippen molar-refractivity contribution in [1.82, 2.24) is 19.9 Å². The van der Waals surface area contributed by atoms with Crippen LogP contribution in [0.25, 0.3) is 108 Å². The normalized spacial score (nSPS) is 11.6. The summed E-state index contributed by atoms with van der Waals surface area (Å²) in [5.41, 5.74) is 11.2. The molecule has 6 heteroatoms. The molecule has 11 rings (SSSR count). The molecule has 0 saturated carbocycles. The zero-order valence-corrected chi connectivity index (χ0v) is 31.6. The molecule has 262 valence electrons. The van der Waals surface area contributed by atoms with E-state index in [4.69, 9.17) is 9.97 Å². The molecule has 0 bridgehead atoms. The van der Waals surface area contributed by atoms with Crippen LogP contribution in [-0.2, 0) is 0 Å². The molecule has 0 spiro atoms. The van der Waals surface area contributed by atoms with Crippen molar-refractivity contribution in [2.75, 3.05) is 0 Å². The Labute approximate surface area is 331 Å². The fourth-order valence-electron chi connectivity index (χ4n) is 7.76. The van der Waals surface area contributed by atoms with Crippen LogP contribution in [0.2, 0.25) is 0 Å². The summed E-state index contributed by atoms with van der Waals surface area (Å²) < 4.78 is 5.17. The minimum absolute atomic E-state index is 0.621. The third kappa shape index (κ3) is 5.75. The summed E-state index contributed by atoms with van der Waals surface area (Å²) in [6.45, 7) is 0. The predicted octanol–water partition coefficient (Wildman–Crippen LogP) is 14.0. The number of pyridine rings is 2. The lowest BCUT2D eigenvalue weighted by molar-refractivity contribution is 1.17. The van der Waals surface area contributed by atoms with Crippen molar-refractivity contribution in [3.63, 3.8) is 0 Å². The molecule has 0 unspecified atom stereocenters. The Morgan fingerprint density at radius 3 is 1.45 bits per heavy atom. The van der Waals surface area contributed by atoms with Gasteiger partial charge in [-0.15, -0.1) is 22.7 Å². The summed E-state index contributed by atoms with van der Waals surface area (Å²) in [6.07, 6.45) is 7.32. The van der Waals surface area contributed by atoms with Gasteiger partial charge in [0.25, 0.3) is 0 Å². The molecule has 0 amide bonds. The van der Waals surface area contributed by atoms with Gasteiger partial charge in [0.2, 0.25) is 0 Å². The van der Waals surface area contributed by atoms with Gasteiger partial charge in [-0.1, -0.05) is 78.9 Å². The van der Waals surface area contributed by atoms with Crippen LogP contribution < -0.4 is 0 Å². The van der Waals surface area contributed by atoms with E-state index in [1.54, 1.807) is 12.4 Å². The standard InChI is InChI=1S/C50H30N4S2/c1-2-12-39(38(11-1)33-9-7-21-51-29-33)45-28-44(53-50(54-45)34-10-8-22-52-30-34)37-24-35(31-17-19-48-42(26-31)40-13-3-5-15-46(40)55-48)23-36(25-37)32-18-20-49-43(27-32)41-14-4-6-16-47(41)56-49/h1-30H. The van der Waals surface area contributed by atoms with Crippen LogP contribution in [-0.4, -0.2) is 19.9 Å². The lowest BCUT2D eigenvalue weighted by Crippen LogP contribution is -1.98. The molecule has 56 heavy (non-hydrogen) atoms. The first kappa shape index (κ1) is 32.6. The highest BCUT2D eigenvalue weighted by atomic mass is 32.1. The molecule has 4 nitrogen and oxygen atoms in total. The summed E-state index contributed by atoms with van der Waals surface area (Å²) in [7, 11) is 0. The third-order valence-corrected chi connectivity index (χ3v) is 12.8. The number of thiophene rings is 2. The molecule has 6 aromatic carbocycles. The predicted molar refractivity (Wildman–Crippen MR) is 236 cm³/mol. The van der Waals surface area contributed by atoms with Crippen molar-refractivity contribution in [1.29, 1.82) is 0 Å². The van der Waals surface area contributed by atoms with Gasteiger partial charge in [0, 0.05) is 87.4 Å². The highest BCUT2D eigenvalue weighted by Gasteiger charge is 2.17. The Hall–Kier alpha value is -6.86. The minimum atomic E-state index is 0.621. The van der Waals surface area contributed by atoms with Crippen molar-refractivity contribution >= 4 is 63.0 Å². The summed E-state index contributed by atoms with van der Waals surface area (Å²) in [5.74, 6) is 0.621. The molecule has 0 radical (unpaired) electrons. The number of hydrogen-bond donors (Lipinski definition) is 0. The Bertz CT molecular complexity index is 3130. The molecule has 0 saturated heterocycles. The number of rotatable bonds is 6. The fraction of sp³-hybridized carbons (Fsp3) is 0. The van der Waals surface area contributed by atoms with Gasteiger partial charge >= 0.3 is 0 Å². The van der Waals surface area contributed by atoms with Gasteiger partial charge in [-0.3, -0.25) is 9.97 Å². The lowest BCUT2D eigenvalue weighted by Gasteiger charge is -2.15. The Morgan fingerprint density at radius 1 is 0.321 bits per heavy atom. The second-order valence-electron chi connectivity index (χ2n) is 13.9. The maximum atomic E-state index is 5.28. The number of aromatic nitrogens is 4. The molecular weight excluding hydrogens is 721 g/mol. The topological polar surface area (TPSA) is 51.6 Å². The van der Waals surface area contributed by atoms with Gasteiger partial charge in [-0.05, 0) is 107 Å². The van der Waals surface area contributed by atoms with E-state index in [0.717, 1.165) is 61.5 Å². The van der Waals surface area contributed by atoms with Crippen LogP contribution >= 0.6 is 22.7 Å². The first-order chi connectivity index (χ1) is 27.7. The van der Waals surface area contributed by atoms with Crippen LogP contribution in [0.5, 0.6) is 0 Å². The van der Waals surface area contributed by atoms with Crippen LogP contribution in [0.4, 0.5) is 0 Å². The molecule has 0 N–H and O–H groups in total. The Morgan fingerprint density at radius 2 is 0.839 bits per heavy atom. The zero-order chi connectivity index (χ0) is 37.0. The molecule has 0 aliphatic carbocycles. The van der Waals surface area contributed by atoms with E-state index >= 15 is 0 Å². The van der Waals surface area contributed by atoms with Crippen molar-refractivity contribution in [2.24, 2.45) is 0 Å². The van der Waals surface area contributed by atoms with Crippen molar-refractivity contribution in [2.45, 2.75) is 0 Å². The fourth-order valence-corrected chi connectivity index (χ4v) is 9.93. The van der Waals surface area contributed by atoms with Gasteiger partial charge in [0.05, 0.1) is 11.4 Å². The average molecular weight is 751 g/mol. The van der Waals surface area contributed by atoms with E-state index in [-0.39, 0.29) is 0 Å². The first-order valence-electron chi connectivity index (χ1n) is 18.5. The Balaban J connectivity index is 1.15.